The summed E-state index contributed by atoms with van der Waals surface area (Å²) in [7, 11) is -4.85. The smallest absolute Gasteiger partial charge is 0.180 e. The van der Waals surface area contributed by atoms with E-state index in [1.807, 2.05) is 0 Å². The lowest BCUT2D eigenvalue weighted by molar-refractivity contribution is 0.319. The fourth-order valence-electron chi connectivity index (χ4n) is 1.93. The molecule has 0 aliphatic heterocycles. The van der Waals surface area contributed by atoms with E-state index in [0.717, 1.165) is 0 Å². The van der Waals surface area contributed by atoms with E-state index in [1.165, 1.54) is 18.4 Å². The molecule has 1 atom stereocenters. The summed E-state index contributed by atoms with van der Waals surface area (Å²) in [6.07, 6.45) is 1.51. The van der Waals surface area contributed by atoms with Gasteiger partial charge in [-0.15, -0.1) is 5.11 Å². The molecule has 0 aromatic heterocycles. The number of aliphatic hydroxyl groups is 1. The fraction of sp³-hybridized carbons (Fsp3) is 0.200. The molecule has 0 heterocycles. The molecule has 0 aliphatic carbocycles. The van der Waals surface area contributed by atoms with Crippen molar-refractivity contribution < 1.29 is 17.7 Å². The van der Waals surface area contributed by atoms with Gasteiger partial charge in [-0.3, -0.25) is 4.21 Å². The maximum Gasteiger partial charge on any atom is 0.180 e. The van der Waals surface area contributed by atoms with Crippen LogP contribution in [0.3, 0.4) is 0 Å². The van der Waals surface area contributed by atoms with Gasteiger partial charge in [-0.2, -0.15) is 5.11 Å². The SMILES string of the molecule is CS(=O)c1cc(N)ccc1N=Nc1cccc(S(=O)(=O)CCO)c1. The average Bonchev–Trinajstić information content (AvgIpc) is 2.54. The summed E-state index contributed by atoms with van der Waals surface area (Å²) in [5.74, 6) is -0.357. The summed E-state index contributed by atoms with van der Waals surface area (Å²) in [5, 5.41) is 16.9. The maximum absolute atomic E-state index is 12.0. The van der Waals surface area contributed by atoms with E-state index in [1.54, 1.807) is 30.3 Å². The second-order valence-electron chi connectivity index (χ2n) is 4.92. The van der Waals surface area contributed by atoms with Gasteiger partial charge in [0, 0.05) is 11.9 Å². The first kappa shape index (κ1) is 18.2. The first-order valence-electron chi connectivity index (χ1n) is 6.92. The molecule has 1 unspecified atom stereocenters. The first-order chi connectivity index (χ1) is 11.3. The third kappa shape index (κ3) is 4.47. The number of nitrogens with two attached hydrogens (primary N) is 1. The topological polar surface area (TPSA) is 122 Å². The zero-order chi connectivity index (χ0) is 17.7. The van der Waals surface area contributed by atoms with Crippen LogP contribution in [0.25, 0.3) is 0 Å². The number of azo groups is 1. The molecule has 24 heavy (non-hydrogen) atoms. The van der Waals surface area contributed by atoms with Crippen LogP contribution in [0.15, 0.2) is 62.5 Å². The van der Waals surface area contributed by atoms with Gasteiger partial charge >= 0.3 is 0 Å². The molecule has 0 radical (unpaired) electrons. The Kier molecular flexibility index (Phi) is 5.81. The van der Waals surface area contributed by atoms with Crippen LogP contribution < -0.4 is 5.73 Å². The van der Waals surface area contributed by atoms with Gasteiger partial charge in [0.05, 0.1) is 38.6 Å². The van der Waals surface area contributed by atoms with Crippen LogP contribution in [0.1, 0.15) is 0 Å². The molecular formula is C15H17N3O4S2. The van der Waals surface area contributed by atoms with Crippen molar-refractivity contribution in [2.24, 2.45) is 10.2 Å². The van der Waals surface area contributed by atoms with Gasteiger partial charge in [-0.05, 0) is 36.4 Å². The normalized spacial score (nSPS) is 13.2. The van der Waals surface area contributed by atoms with Crippen LogP contribution in [0.2, 0.25) is 0 Å². The lowest BCUT2D eigenvalue weighted by atomic mass is 10.3. The van der Waals surface area contributed by atoms with E-state index in [4.69, 9.17) is 10.8 Å². The molecule has 0 aliphatic rings. The second kappa shape index (κ2) is 7.65. The predicted molar refractivity (Wildman–Crippen MR) is 92.9 cm³/mol. The number of nitrogen functional groups attached to an aromatic ring is 1. The van der Waals surface area contributed by atoms with E-state index < -0.39 is 27.2 Å². The minimum atomic E-state index is -3.56. The molecule has 0 spiro atoms. The Morgan fingerprint density at radius 1 is 1.17 bits per heavy atom. The molecule has 7 nitrogen and oxygen atoms in total. The van der Waals surface area contributed by atoms with E-state index in [2.05, 4.69) is 10.2 Å². The highest BCUT2D eigenvalue weighted by Crippen LogP contribution is 2.27. The van der Waals surface area contributed by atoms with Crippen molar-refractivity contribution in [1.82, 2.24) is 0 Å². The fourth-order valence-corrected chi connectivity index (χ4v) is 3.70. The summed E-state index contributed by atoms with van der Waals surface area (Å²) in [6.45, 7) is -0.453. The zero-order valence-electron chi connectivity index (χ0n) is 12.9. The van der Waals surface area contributed by atoms with Gasteiger partial charge in [-0.25, -0.2) is 8.42 Å². The minimum absolute atomic E-state index is 0.0598. The number of rotatable bonds is 6. The third-order valence-corrected chi connectivity index (χ3v) is 5.74. The Bertz CT molecular complexity index is 895. The summed E-state index contributed by atoms with van der Waals surface area (Å²) in [4.78, 5) is 0.507. The molecule has 0 amide bonds. The predicted octanol–water partition coefficient (Wildman–Crippen LogP) is 2.19. The molecule has 0 fully saturated rings. The molecule has 9 heteroatoms. The van der Waals surface area contributed by atoms with Gasteiger partial charge in [0.1, 0.15) is 5.69 Å². The Balaban J connectivity index is 2.36. The lowest BCUT2D eigenvalue weighted by Crippen LogP contribution is -2.09. The molecule has 0 saturated heterocycles. The van der Waals surface area contributed by atoms with Gasteiger partial charge in [0.15, 0.2) is 9.84 Å². The molecule has 2 rings (SSSR count). The Labute approximate surface area is 142 Å². The molecule has 2 aromatic rings. The number of nitrogens with zero attached hydrogens (tertiary/aromatic N) is 2. The summed E-state index contributed by atoms with van der Waals surface area (Å²) < 4.78 is 35.6. The number of sulfone groups is 1. The second-order valence-corrected chi connectivity index (χ2v) is 8.38. The standard InChI is InChI=1S/C15H17N3O4S2/c1-23(20)15-9-11(16)5-6-14(15)18-17-12-3-2-4-13(10-12)24(21,22)8-7-19/h2-6,9-10,19H,7-8,16H2,1H3. The number of aliphatic hydroxyl groups excluding tert-OH is 1. The summed E-state index contributed by atoms with van der Waals surface area (Å²) in [5.41, 5.74) is 6.87. The molecule has 0 bridgehead atoms. The quantitative estimate of drug-likeness (QED) is 0.598. The largest absolute Gasteiger partial charge is 0.399 e. The molecular weight excluding hydrogens is 350 g/mol. The highest BCUT2D eigenvalue weighted by Gasteiger charge is 2.14. The Morgan fingerprint density at radius 3 is 2.58 bits per heavy atom. The van der Waals surface area contributed by atoms with Gasteiger partial charge in [0.25, 0.3) is 0 Å². The van der Waals surface area contributed by atoms with Crippen LogP contribution in [0.4, 0.5) is 17.1 Å². The number of benzene rings is 2. The van der Waals surface area contributed by atoms with Gasteiger partial charge in [-0.1, -0.05) is 6.07 Å². The Hall–Kier alpha value is -2.10. The van der Waals surface area contributed by atoms with Gasteiger partial charge < -0.3 is 10.8 Å². The van der Waals surface area contributed by atoms with Crippen molar-refractivity contribution >= 4 is 37.7 Å². The van der Waals surface area contributed by atoms with Crippen molar-refractivity contribution in [3.8, 4) is 0 Å². The van der Waals surface area contributed by atoms with E-state index in [9.17, 15) is 12.6 Å². The zero-order valence-corrected chi connectivity index (χ0v) is 14.5. The average molecular weight is 367 g/mol. The monoisotopic (exact) mass is 367 g/mol. The van der Waals surface area contributed by atoms with Crippen LogP contribution in [0.5, 0.6) is 0 Å². The number of hydrogen-bond acceptors (Lipinski definition) is 7. The summed E-state index contributed by atoms with van der Waals surface area (Å²) in [6, 6.07) is 10.7. The van der Waals surface area contributed by atoms with E-state index in [-0.39, 0.29) is 10.6 Å². The van der Waals surface area contributed by atoms with E-state index in [0.29, 0.717) is 22.0 Å². The lowest BCUT2D eigenvalue weighted by Gasteiger charge is -2.04. The van der Waals surface area contributed by atoms with Crippen LogP contribution in [-0.4, -0.2) is 36.3 Å². The van der Waals surface area contributed by atoms with Crippen LogP contribution >= 0.6 is 0 Å². The molecule has 0 saturated carbocycles. The van der Waals surface area contributed by atoms with Gasteiger partial charge in [0.2, 0.25) is 0 Å². The highest BCUT2D eigenvalue weighted by atomic mass is 32.2. The van der Waals surface area contributed by atoms with Crippen molar-refractivity contribution in [1.29, 1.82) is 0 Å². The van der Waals surface area contributed by atoms with E-state index >= 15 is 0 Å². The number of anilines is 1. The highest BCUT2D eigenvalue weighted by molar-refractivity contribution is 7.91. The third-order valence-electron chi connectivity index (χ3n) is 3.10. The van der Waals surface area contributed by atoms with Crippen LogP contribution in [0, 0.1) is 0 Å². The first-order valence-corrected chi connectivity index (χ1v) is 10.1. The molecule has 128 valence electrons. The minimum Gasteiger partial charge on any atom is -0.399 e. The van der Waals surface area contributed by atoms with Crippen molar-refractivity contribution in [2.45, 2.75) is 9.79 Å². The molecule has 2 aromatic carbocycles. The Morgan fingerprint density at radius 2 is 1.92 bits per heavy atom. The summed E-state index contributed by atoms with van der Waals surface area (Å²) >= 11 is 0. The van der Waals surface area contributed by atoms with Crippen molar-refractivity contribution in [3.63, 3.8) is 0 Å². The number of hydrogen-bond donors (Lipinski definition) is 2. The molecule has 3 N–H and O–H groups in total. The van der Waals surface area contributed by atoms with Crippen molar-refractivity contribution in [2.75, 3.05) is 24.3 Å². The van der Waals surface area contributed by atoms with Crippen molar-refractivity contribution in [3.05, 3.63) is 42.5 Å². The van der Waals surface area contributed by atoms with Crippen LogP contribution in [-0.2, 0) is 20.6 Å². The maximum atomic E-state index is 12.0.